The minimum atomic E-state index is -3.42. The Morgan fingerprint density at radius 1 is 0.879 bits per heavy atom. The fourth-order valence-electron chi connectivity index (χ4n) is 5.23. The molecule has 5 heteroatoms. The molecule has 33 heavy (non-hydrogen) atoms. The molecule has 1 unspecified atom stereocenters. The Kier molecular flexibility index (Phi) is 11.9. The van der Waals surface area contributed by atoms with Crippen molar-refractivity contribution < 1.29 is 18.9 Å². The first kappa shape index (κ1) is 27.8. The first-order valence-electron chi connectivity index (χ1n) is 13.2. The van der Waals surface area contributed by atoms with Gasteiger partial charge in [-0.25, -0.2) is 0 Å². The molecule has 2 rings (SSSR count). The number of benzene rings is 1. The van der Waals surface area contributed by atoms with E-state index in [4.69, 9.17) is 4.74 Å². The van der Waals surface area contributed by atoms with Crippen molar-refractivity contribution in [2.75, 3.05) is 12.8 Å². The number of esters is 1. The normalized spacial score (nSPS) is 16.4. The predicted molar refractivity (Wildman–Crippen MR) is 138 cm³/mol. The van der Waals surface area contributed by atoms with E-state index in [0.717, 1.165) is 68.1 Å². The second-order valence-corrected chi connectivity index (χ2v) is 13.1. The van der Waals surface area contributed by atoms with Gasteiger partial charge in [0.15, 0.2) is 7.14 Å². The SMILES string of the molecule is CCCCCCCCCCOC(=O)CP(=O)(C(=O)c1c(C)cc(C)cc1C)C1CCCCC1. The zero-order valence-corrected chi connectivity index (χ0v) is 22.3. The third-order valence-electron chi connectivity index (χ3n) is 7.02. The number of carbonyl (C=O) groups excluding carboxylic acids is 2. The lowest BCUT2D eigenvalue weighted by Gasteiger charge is -2.30. The average Bonchev–Trinajstić information content (AvgIpc) is 2.77. The van der Waals surface area contributed by atoms with E-state index in [-0.39, 0.29) is 17.3 Å². The summed E-state index contributed by atoms with van der Waals surface area (Å²) in [6.45, 7) is 8.38. The van der Waals surface area contributed by atoms with Crippen molar-refractivity contribution >= 4 is 18.6 Å². The van der Waals surface area contributed by atoms with Crippen LogP contribution in [0, 0.1) is 20.8 Å². The molecule has 1 aliphatic carbocycles. The van der Waals surface area contributed by atoms with Crippen LogP contribution in [-0.2, 0) is 14.1 Å². The molecule has 1 aromatic carbocycles. The number of unbranched alkanes of at least 4 members (excludes halogenated alkanes) is 7. The van der Waals surface area contributed by atoms with Gasteiger partial charge < -0.3 is 9.30 Å². The van der Waals surface area contributed by atoms with Crippen LogP contribution in [0.15, 0.2) is 12.1 Å². The zero-order valence-electron chi connectivity index (χ0n) is 21.4. The molecule has 0 N–H and O–H groups in total. The zero-order chi connectivity index (χ0) is 24.3. The summed E-state index contributed by atoms with van der Waals surface area (Å²) < 4.78 is 19.8. The highest BCUT2D eigenvalue weighted by atomic mass is 31.2. The largest absolute Gasteiger partial charge is 0.465 e. The molecule has 0 radical (unpaired) electrons. The minimum Gasteiger partial charge on any atom is -0.465 e. The summed E-state index contributed by atoms with van der Waals surface area (Å²) in [6, 6.07) is 3.93. The van der Waals surface area contributed by atoms with Crippen LogP contribution < -0.4 is 0 Å². The Balaban J connectivity index is 1.99. The number of carbonyl (C=O) groups is 2. The molecule has 1 fully saturated rings. The maximum absolute atomic E-state index is 14.3. The third kappa shape index (κ3) is 8.39. The Hall–Kier alpha value is -1.41. The number of hydrogen-bond acceptors (Lipinski definition) is 4. The van der Waals surface area contributed by atoms with Crippen LogP contribution in [0.4, 0.5) is 0 Å². The molecule has 1 atom stereocenters. The van der Waals surface area contributed by atoms with Gasteiger partial charge >= 0.3 is 5.97 Å². The van der Waals surface area contributed by atoms with Crippen LogP contribution in [0.25, 0.3) is 0 Å². The summed E-state index contributed by atoms with van der Waals surface area (Å²) in [5.41, 5.74) is 2.81. The fourth-order valence-corrected chi connectivity index (χ4v) is 8.37. The van der Waals surface area contributed by atoms with Crippen molar-refractivity contribution in [1.82, 2.24) is 0 Å². The summed E-state index contributed by atoms with van der Waals surface area (Å²) in [7, 11) is -3.42. The van der Waals surface area contributed by atoms with Crippen LogP contribution in [0.2, 0.25) is 0 Å². The first-order chi connectivity index (χ1) is 15.8. The maximum Gasteiger partial charge on any atom is 0.313 e. The third-order valence-corrected chi connectivity index (χ3v) is 10.4. The minimum absolute atomic E-state index is 0.200. The number of ether oxygens (including phenoxy) is 1. The van der Waals surface area contributed by atoms with Crippen molar-refractivity contribution in [3.63, 3.8) is 0 Å². The van der Waals surface area contributed by atoms with E-state index in [9.17, 15) is 14.2 Å². The summed E-state index contributed by atoms with van der Waals surface area (Å²) in [4.78, 5) is 26.4. The number of rotatable bonds is 14. The Labute approximate surface area is 201 Å². The molecule has 0 aromatic heterocycles. The average molecular weight is 477 g/mol. The molecule has 0 bridgehead atoms. The van der Waals surface area contributed by atoms with Crippen LogP contribution in [0.1, 0.15) is 117 Å². The molecule has 1 saturated carbocycles. The molecule has 0 saturated heterocycles. The number of aryl methyl sites for hydroxylation is 3. The number of hydrogen-bond donors (Lipinski definition) is 0. The second-order valence-electron chi connectivity index (χ2n) is 10.0. The molecule has 1 aromatic rings. The van der Waals surface area contributed by atoms with Gasteiger partial charge in [-0.1, -0.05) is 88.8 Å². The van der Waals surface area contributed by atoms with E-state index in [1.165, 1.54) is 32.1 Å². The topological polar surface area (TPSA) is 60.4 Å². The summed E-state index contributed by atoms with van der Waals surface area (Å²) >= 11 is 0. The predicted octanol–water partition coefficient (Wildman–Crippen LogP) is 8.13. The highest BCUT2D eigenvalue weighted by Crippen LogP contribution is 2.58. The van der Waals surface area contributed by atoms with Crippen LogP contribution >= 0.6 is 7.14 Å². The van der Waals surface area contributed by atoms with Gasteiger partial charge in [-0.15, -0.1) is 0 Å². The Bertz CT molecular complexity index is 800. The van der Waals surface area contributed by atoms with Gasteiger partial charge in [0.2, 0.25) is 5.52 Å². The van der Waals surface area contributed by atoms with Gasteiger partial charge in [-0.3, -0.25) is 9.59 Å². The van der Waals surface area contributed by atoms with Crippen molar-refractivity contribution in [1.29, 1.82) is 0 Å². The molecule has 0 spiro atoms. The van der Waals surface area contributed by atoms with E-state index < -0.39 is 13.1 Å². The van der Waals surface area contributed by atoms with Crippen molar-refractivity contribution in [2.24, 2.45) is 0 Å². The molecule has 0 aliphatic heterocycles. The quantitative estimate of drug-likeness (QED) is 0.154. The lowest BCUT2D eigenvalue weighted by atomic mass is 10.0. The first-order valence-corrected chi connectivity index (χ1v) is 15.1. The summed E-state index contributed by atoms with van der Waals surface area (Å²) in [5.74, 6) is -0.470. The van der Waals surface area contributed by atoms with Gasteiger partial charge in [-0.2, -0.15) is 0 Å². The fraction of sp³-hybridized carbons (Fsp3) is 0.714. The van der Waals surface area contributed by atoms with Crippen molar-refractivity contribution in [2.45, 2.75) is 117 Å². The lowest BCUT2D eigenvalue weighted by molar-refractivity contribution is -0.140. The maximum atomic E-state index is 14.3. The molecule has 186 valence electrons. The highest BCUT2D eigenvalue weighted by Gasteiger charge is 2.44. The molecular formula is C28H45O4P. The Morgan fingerprint density at radius 2 is 1.42 bits per heavy atom. The lowest BCUT2D eigenvalue weighted by Crippen LogP contribution is -2.25. The van der Waals surface area contributed by atoms with Crippen molar-refractivity contribution in [3.05, 3.63) is 34.4 Å². The van der Waals surface area contributed by atoms with Crippen LogP contribution in [-0.4, -0.2) is 29.9 Å². The molecule has 4 nitrogen and oxygen atoms in total. The van der Waals surface area contributed by atoms with Gasteiger partial charge in [0.25, 0.3) is 0 Å². The van der Waals surface area contributed by atoms with E-state index in [1.54, 1.807) is 0 Å². The smallest absolute Gasteiger partial charge is 0.313 e. The van der Waals surface area contributed by atoms with Gasteiger partial charge in [-0.05, 0) is 51.2 Å². The molecule has 0 heterocycles. The van der Waals surface area contributed by atoms with E-state index >= 15 is 0 Å². The highest BCUT2D eigenvalue weighted by molar-refractivity contribution is 7.82. The van der Waals surface area contributed by atoms with E-state index in [2.05, 4.69) is 6.92 Å². The van der Waals surface area contributed by atoms with Crippen LogP contribution in [0.5, 0.6) is 0 Å². The van der Waals surface area contributed by atoms with Gasteiger partial charge in [0.1, 0.15) is 6.16 Å². The summed E-state index contributed by atoms with van der Waals surface area (Å²) in [6.07, 6.45) is 13.7. The van der Waals surface area contributed by atoms with E-state index in [0.29, 0.717) is 12.2 Å². The Morgan fingerprint density at radius 3 is 2.00 bits per heavy atom. The molecular weight excluding hydrogens is 431 g/mol. The van der Waals surface area contributed by atoms with Gasteiger partial charge in [0, 0.05) is 11.2 Å². The standard InChI is InChI=1S/C28H45O4P/c1-5-6-7-8-9-10-11-15-18-32-26(29)21-33(31,25-16-13-12-14-17-25)28(30)27-23(3)19-22(2)20-24(27)4/h19-20,25H,5-18,21H2,1-4H3. The van der Waals surface area contributed by atoms with Crippen molar-refractivity contribution in [3.8, 4) is 0 Å². The summed E-state index contributed by atoms with van der Waals surface area (Å²) in [5, 5.41) is 0. The second kappa shape index (κ2) is 14.1. The molecule has 0 amide bonds. The van der Waals surface area contributed by atoms with Gasteiger partial charge in [0.05, 0.1) is 6.61 Å². The van der Waals surface area contributed by atoms with Crippen LogP contribution in [0.3, 0.4) is 0 Å². The molecule has 1 aliphatic rings. The van der Waals surface area contributed by atoms with E-state index in [1.807, 2.05) is 32.9 Å². The monoisotopic (exact) mass is 476 g/mol.